The number of carbonyl (C=O) groups is 3. The zero-order valence-corrected chi connectivity index (χ0v) is 12.0. The number of hydrogen-bond acceptors (Lipinski definition) is 5. The molecule has 1 saturated heterocycles. The molecule has 0 aliphatic carbocycles. The molecule has 0 radical (unpaired) electrons. The number of amides is 3. The molecule has 3 N–H and O–H groups in total. The van der Waals surface area contributed by atoms with E-state index in [9.17, 15) is 14.4 Å². The van der Waals surface area contributed by atoms with Crippen LogP contribution in [0.4, 0.5) is 0 Å². The molecule has 112 valence electrons. The summed E-state index contributed by atoms with van der Waals surface area (Å²) in [6, 6.07) is 1.06. The van der Waals surface area contributed by atoms with Gasteiger partial charge in [-0.1, -0.05) is 0 Å². The molecule has 0 saturated carbocycles. The van der Waals surface area contributed by atoms with Crippen LogP contribution in [-0.4, -0.2) is 28.7 Å². The number of nitrogens with one attached hydrogen (secondary N) is 3. The van der Waals surface area contributed by atoms with Crippen molar-refractivity contribution >= 4 is 30.1 Å². The van der Waals surface area contributed by atoms with E-state index in [-0.39, 0.29) is 30.4 Å². The van der Waals surface area contributed by atoms with Crippen molar-refractivity contribution in [1.82, 2.24) is 20.9 Å². The quantitative estimate of drug-likeness (QED) is 0.648. The van der Waals surface area contributed by atoms with E-state index >= 15 is 0 Å². The van der Waals surface area contributed by atoms with E-state index in [0.717, 1.165) is 24.2 Å². The summed E-state index contributed by atoms with van der Waals surface area (Å²) in [6.07, 6.45) is 2.23. The highest BCUT2D eigenvalue weighted by Gasteiger charge is 2.28. The van der Waals surface area contributed by atoms with Crippen LogP contribution in [0.3, 0.4) is 0 Å². The Morgan fingerprint density at radius 2 is 2.05 bits per heavy atom. The lowest BCUT2D eigenvalue weighted by Gasteiger charge is -2.21. The molecule has 3 heterocycles. The highest BCUT2D eigenvalue weighted by Crippen LogP contribution is 2.15. The van der Waals surface area contributed by atoms with E-state index in [4.69, 9.17) is 0 Å². The van der Waals surface area contributed by atoms with Crippen molar-refractivity contribution < 1.29 is 14.4 Å². The second kappa shape index (κ2) is 6.19. The van der Waals surface area contributed by atoms with Crippen molar-refractivity contribution in [2.45, 2.75) is 32.0 Å². The number of rotatable bonds is 2. The smallest absolute Gasteiger partial charge is 0.270 e. The van der Waals surface area contributed by atoms with Gasteiger partial charge in [0.05, 0.1) is 0 Å². The molecule has 1 atom stereocenters. The van der Waals surface area contributed by atoms with Crippen molar-refractivity contribution in [2.75, 3.05) is 0 Å². The molecule has 2 aliphatic rings. The van der Waals surface area contributed by atoms with Gasteiger partial charge in [0.25, 0.3) is 5.91 Å². The number of pyridine rings is 1. The predicted octanol–water partition coefficient (Wildman–Crippen LogP) is -0.358. The summed E-state index contributed by atoms with van der Waals surface area (Å²) in [4.78, 5) is 38.8. The Morgan fingerprint density at radius 3 is 2.81 bits per heavy atom. The monoisotopic (exact) mass is 310 g/mol. The van der Waals surface area contributed by atoms with E-state index in [2.05, 4.69) is 20.9 Å². The summed E-state index contributed by atoms with van der Waals surface area (Å²) in [5.74, 6) is -1.16. The number of hydrogen-bond donors (Lipinski definition) is 3. The van der Waals surface area contributed by atoms with Gasteiger partial charge in [-0.2, -0.15) is 0 Å². The Kier molecular flexibility index (Phi) is 4.54. The van der Waals surface area contributed by atoms with Gasteiger partial charge in [0, 0.05) is 25.7 Å². The van der Waals surface area contributed by atoms with Crippen LogP contribution in [0.25, 0.3) is 0 Å². The third-order valence-electron chi connectivity index (χ3n) is 3.49. The normalized spacial score (nSPS) is 20.3. The SMILES string of the molecule is Cl.O=C1CC[C@H](NC(=O)c2cc3c(cn2)CNC3)C(=O)N1. The van der Waals surface area contributed by atoms with Gasteiger partial charge >= 0.3 is 0 Å². The van der Waals surface area contributed by atoms with Crippen LogP contribution in [-0.2, 0) is 22.7 Å². The van der Waals surface area contributed by atoms with Gasteiger partial charge in [0.2, 0.25) is 11.8 Å². The number of halogens is 1. The zero-order chi connectivity index (χ0) is 14.1. The van der Waals surface area contributed by atoms with Gasteiger partial charge in [0.1, 0.15) is 11.7 Å². The maximum absolute atomic E-state index is 12.1. The first-order valence-corrected chi connectivity index (χ1v) is 6.46. The van der Waals surface area contributed by atoms with Crippen LogP contribution < -0.4 is 16.0 Å². The van der Waals surface area contributed by atoms with Gasteiger partial charge < -0.3 is 10.6 Å². The molecule has 2 aliphatic heterocycles. The third kappa shape index (κ3) is 3.20. The van der Waals surface area contributed by atoms with Crippen molar-refractivity contribution in [1.29, 1.82) is 0 Å². The first kappa shape index (κ1) is 15.4. The summed E-state index contributed by atoms with van der Waals surface area (Å²) >= 11 is 0. The van der Waals surface area contributed by atoms with E-state index in [1.165, 1.54) is 0 Å². The van der Waals surface area contributed by atoms with Crippen LogP contribution in [0.5, 0.6) is 0 Å². The van der Waals surface area contributed by atoms with E-state index < -0.39 is 17.9 Å². The predicted molar refractivity (Wildman–Crippen MR) is 75.7 cm³/mol. The average Bonchev–Trinajstić information content (AvgIpc) is 2.89. The van der Waals surface area contributed by atoms with E-state index in [1.807, 2.05) is 0 Å². The van der Waals surface area contributed by atoms with Crippen molar-refractivity contribution in [3.8, 4) is 0 Å². The molecular weight excluding hydrogens is 296 g/mol. The van der Waals surface area contributed by atoms with Gasteiger partial charge in [-0.3, -0.25) is 24.7 Å². The minimum Gasteiger partial charge on any atom is -0.339 e. The first-order valence-electron chi connectivity index (χ1n) is 6.46. The Labute approximate surface area is 127 Å². The highest BCUT2D eigenvalue weighted by molar-refractivity contribution is 6.03. The fraction of sp³-hybridized carbons (Fsp3) is 0.385. The third-order valence-corrected chi connectivity index (χ3v) is 3.49. The van der Waals surface area contributed by atoms with Crippen LogP contribution >= 0.6 is 12.4 Å². The minimum absolute atomic E-state index is 0. The van der Waals surface area contributed by atoms with E-state index in [0.29, 0.717) is 6.42 Å². The van der Waals surface area contributed by atoms with Crippen molar-refractivity contribution in [3.63, 3.8) is 0 Å². The Balaban J connectivity index is 0.00000161. The summed E-state index contributed by atoms with van der Waals surface area (Å²) in [5.41, 5.74) is 2.42. The first-order chi connectivity index (χ1) is 9.63. The van der Waals surface area contributed by atoms with Crippen LogP contribution in [0.2, 0.25) is 0 Å². The average molecular weight is 311 g/mol. The summed E-state index contributed by atoms with van der Waals surface area (Å²) in [6.45, 7) is 1.48. The minimum atomic E-state index is -0.673. The van der Waals surface area contributed by atoms with Gasteiger partial charge in [-0.15, -0.1) is 12.4 Å². The molecule has 0 unspecified atom stereocenters. The molecule has 3 amide bonds. The molecule has 0 bridgehead atoms. The molecule has 0 aromatic carbocycles. The van der Waals surface area contributed by atoms with Gasteiger partial charge in [-0.05, 0) is 23.6 Å². The molecule has 1 fully saturated rings. The zero-order valence-electron chi connectivity index (χ0n) is 11.1. The second-order valence-corrected chi connectivity index (χ2v) is 4.92. The molecule has 3 rings (SSSR count). The fourth-order valence-electron chi connectivity index (χ4n) is 2.37. The number of nitrogens with zero attached hydrogens (tertiary/aromatic N) is 1. The largest absolute Gasteiger partial charge is 0.339 e. The van der Waals surface area contributed by atoms with Crippen LogP contribution in [0.15, 0.2) is 12.3 Å². The number of piperidine rings is 1. The van der Waals surface area contributed by atoms with Crippen LogP contribution in [0.1, 0.15) is 34.5 Å². The molecule has 21 heavy (non-hydrogen) atoms. The number of aromatic nitrogens is 1. The van der Waals surface area contributed by atoms with Crippen molar-refractivity contribution in [3.05, 3.63) is 29.1 Å². The molecule has 7 nitrogen and oxygen atoms in total. The lowest BCUT2D eigenvalue weighted by molar-refractivity contribution is -0.134. The summed E-state index contributed by atoms with van der Waals surface area (Å²) in [5, 5.41) is 7.99. The number of carbonyl (C=O) groups excluding carboxylic acids is 3. The topological polar surface area (TPSA) is 100 Å². The standard InChI is InChI=1S/C13H14N4O3.ClH/c18-11-2-1-9(12(19)17-11)16-13(20)10-3-7-4-14-5-8(7)6-15-10;/h3,6,9,14H,1-2,4-5H2,(H,16,20)(H,17,18,19);1H/t9-;/m0./s1. The second-order valence-electron chi connectivity index (χ2n) is 4.92. The van der Waals surface area contributed by atoms with E-state index in [1.54, 1.807) is 12.3 Å². The Hall–Kier alpha value is -1.99. The summed E-state index contributed by atoms with van der Waals surface area (Å²) < 4.78 is 0. The Bertz CT molecular complexity index is 605. The molecule has 0 spiro atoms. The van der Waals surface area contributed by atoms with Crippen molar-refractivity contribution in [2.24, 2.45) is 0 Å². The molecule has 8 heteroatoms. The lowest BCUT2D eigenvalue weighted by Crippen LogP contribution is -2.52. The Morgan fingerprint density at radius 1 is 1.29 bits per heavy atom. The fourth-order valence-corrected chi connectivity index (χ4v) is 2.37. The highest BCUT2D eigenvalue weighted by atomic mass is 35.5. The molecule has 1 aromatic heterocycles. The van der Waals surface area contributed by atoms with Gasteiger partial charge in [0.15, 0.2) is 0 Å². The molecular formula is C13H15ClN4O3. The number of imide groups is 1. The lowest BCUT2D eigenvalue weighted by atomic mass is 10.1. The summed E-state index contributed by atoms with van der Waals surface area (Å²) in [7, 11) is 0. The maximum Gasteiger partial charge on any atom is 0.270 e. The van der Waals surface area contributed by atoms with Gasteiger partial charge in [-0.25, -0.2) is 0 Å². The number of fused-ring (bicyclic) bond motifs is 1. The molecule has 1 aromatic rings. The maximum atomic E-state index is 12.1. The van der Waals surface area contributed by atoms with Crippen LogP contribution in [0, 0.1) is 0 Å².